The highest BCUT2D eigenvalue weighted by Gasteiger charge is 2.38. The van der Waals surface area contributed by atoms with E-state index in [2.05, 4.69) is 25.7 Å². The second-order valence-corrected chi connectivity index (χ2v) is 11.0. The van der Waals surface area contributed by atoms with Crippen molar-refractivity contribution in [3.05, 3.63) is 57.7 Å². The van der Waals surface area contributed by atoms with E-state index >= 15 is 0 Å². The van der Waals surface area contributed by atoms with Gasteiger partial charge in [-0.05, 0) is 38.3 Å². The minimum Gasteiger partial charge on any atom is -0.355 e. The Morgan fingerprint density at radius 2 is 1.97 bits per heavy atom. The van der Waals surface area contributed by atoms with Crippen molar-refractivity contribution in [3.63, 3.8) is 0 Å². The van der Waals surface area contributed by atoms with Gasteiger partial charge in [0.05, 0.1) is 29.2 Å². The van der Waals surface area contributed by atoms with Gasteiger partial charge < -0.3 is 15.2 Å². The Balaban J connectivity index is 1.29. The van der Waals surface area contributed by atoms with Gasteiger partial charge in [-0.25, -0.2) is 13.8 Å². The molecule has 0 radical (unpaired) electrons. The number of rotatable bonds is 7. The van der Waals surface area contributed by atoms with E-state index in [4.69, 9.17) is 4.52 Å². The lowest BCUT2D eigenvalue weighted by atomic mass is 9.87. The van der Waals surface area contributed by atoms with E-state index in [-0.39, 0.29) is 22.9 Å². The van der Waals surface area contributed by atoms with E-state index < -0.39 is 29.5 Å². The van der Waals surface area contributed by atoms with E-state index in [9.17, 15) is 18.4 Å². The van der Waals surface area contributed by atoms with Gasteiger partial charge in [0.25, 0.3) is 5.91 Å². The molecule has 0 bridgehead atoms. The van der Waals surface area contributed by atoms with Crippen molar-refractivity contribution in [1.29, 1.82) is 0 Å². The summed E-state index contributed by atoms with van der Waals surface area (Å²) in [5.41, 5.74) is 2.63. The molecule has 2 aromatic heterocycles. The van der Waals surface area contributed by atoms with Gasteiger partial charge in [0, 0.05) is 42.2 Å². The lowest BCUT2D eigenvalue weighted by Gasteiger charge is -2.43. The average Bonchev–Trinajstić information content (AvgIpc) is 3.57. The topological polar surface area (TPSA) is 100 Å². The predicted octanol–water partition coefficient (Wildman–Crippen LogP) is 4.45. The SMILES string of the molecule is Cc1ncsc1CNC(=O)[C@@H]1CN(C2CCCCC2)CC[C@H]1NC(=O)c1cc(-c2ccc(F)cc2F)on1. The third kappa shape index (κ3) is 5.94. The molecule has 1 aliphatic heterocycles. The number of carbonyl (C=O) groups excluding carboxylic acids is 2. The summed E-state index contributed by atoms with van der Waals surface area (Å²) < 4.78 is 32.6. The Bertz CT molecular complexity index is 1290. The van der Waals surface area contributed by atoms with E-state index in [0.29, 0.717) is 25.6 Å². The fraction of sp³-hybridized carbons (Fsp3) is 0.481. The number of aromatic nitrogens is 2. The first kappa shape index (κ1) is 26.4. The molecule has 202 valence electrons. The number of nitrogens with one attached hydrogen (secondary N) is 2. The van der Waals surface area contributed by atoms with Crippen LogP contribution in [-0.4, -0.2) is 52.0 Å². The molecule has 38 heavy (non-hydrogen) atoms. The maximum absolute atomic E-state index is 14.2. The molecule has 3 aromatic rings. The first-order valence-electron chi connectivity index (χ1n) is 13.0. The number of piperidine rings is 1. The summed E-state index contributed by atoms with van der Waals surface area (Å²) in [4.78, 5) is 34.1. The summed E-state index contributed by atoms with van der Waals surface area (Å²) in [6.45, 7) is 3.66. The monoisotopic (exact) mass is 543 g/mol. The first-order chi connectivity index (χ1) is 18.4. The van der Waals surface area contributed by atoms with Crippen LogP contribution in [0.15, 0.2) is 34.3 Å². The largest absolute Gasteiger partial charge is 0.355 e. The summed E-state index contributed by atoms with van der Waals surface area (Å²) >= 11 is 1.50. The Labute approximate surface area is 223 Å². The Morgan fingerprint density at radius 3 is 2.71 bits per heavy atom. The molecule has 2 atom stereocenters. The van der Waals surface area contributed by atoms with E-state index in [1.54, 1.807) is 5.51 Å². The van der Waals surface area contributed by atoms with Crippen LogP contribution in [0.1, 0.15) is 59.6 Å². The van der Waals surface area contributed by atoms with Crippen molar-refractivity contribution in [3.8, 4) is 11.3 Å². The van der Waals surface area contributed by atoms with Crippen molar-refractivity contribution in [2.24, 2.45) is 5.92 Å². The quantitative estimate of drug-likeness (QED) is 0.457. The smallest absolute Gasteiger partial charge is 0.273 e. The van der Waals surface area contributed by atoms with Crippen LogP contribution in [-0.2, 0) is 11.3 Å². The molecule has 0 spiro atoms. The van der Waals surface area contributed by atoms with Crippen LogP contribution < -0.4 is 10.6 Å². The van der Waals surface area contributed by atoms with Crippen molar-refractivity contribution in [1.82, 2.24) is 25.7 Å². The van der Waals surface area contributed by atoms with Crippen LogP contribution in [0.25, 0.3) is 11.3 Å². The number of benzene rings is 1. The van der Waals surface area contributed by atoms with Gasteiger partial charge in [0.15, 0.2) is 11.5 Å². The predicted molar refractivity (Wildman–Crippen MR) is 138 cm³/mol. The maximum Gasteiger partial charge on any atom is 0.273 e. The third-order valence-corrected chi connectivity index (χ3v) is 8.53. The van der Waals surface area contributed by atoms with Crippen LogP contribution in [0.5, 0.6) is 0 Å². The van der Waals surface area contributed by atoms with Crippen LogP contribution >= 0.6 is 11.3 Å². The minimum atomic E-state index is -0.809. The number of aryl methyl sites for hydroxylation is 1. The van der Waals surface area contributed by atoms with E-state index in [1.807, 2.05) is 6.92 Å². The van der Waals surface area contributed by atoms with Crippen molar-refractivity contribution in [2.45, 2.75) is 64.1 Å². The van der Waals surface area contributed by atoms with Crippen LogP contribution in [0.4, 0.5) is 8.78 Å². The van der Waals surface area contributed by atoms with Gasteiger partial charge in [0.2, 0.25) is 5.91 Å². The average molecular weight is 544 g/mol. The molecule has 1 saturated heterocycles. The number of halogens is 2. The molecule has 2 fully saturated rings. The second kappa shape index (κ2) is 11.7. The molecule has 0 unspecified atom stereocenters. The van der Waals surface area contributed by atoms with Crippen LogP contribution in [0, 0.1) is 24.5 Å². The number of carbonyl (C=O) groups is 2. The highest BCUT2D eigenvalue weighted by atomic mass is 32.1. The normalized spacial score (nSPS) is 20.8. The Hall–Kier alpha value is -3.18. The molecular weight excluding hydrogens is 512 g/mol. The van der Waals surface area contributed by atoms with Crippen LogP contribution in [0.2, 0.25) is 0 Å². The van der Waals surface area contributed by atoms with E-state index in [1.165, 1.54) is 42.7 Å². The molecule has 1 saturated carbocycles. The molecular formula is C27H31F2N5O3S. The number of likely N-dealkylation sites (tertiary alicyclic amines) is 1. The van der Waals surface area contributed by atoms with Crippen LogP contribution in [0.3, 0.4) is 0 Å². The molecule has 2 N–H and O–H groups in total. The molecule has 3 heterocycles. The van der Waals surface area contributed by atoms with Gasteiger partial charge >= 0.3 is 0 Å². The first-order valence-corrected chi connectivity index (χ1v) is 13.9. The molecule has 1 aliphatic carbocycles. The fourth-order valence-corrected chi connectivity index (χ4v) is 6.15. The number of hydrogen-bond acceptors (Lipinski definition) is 7. The maximum atomic E-state index is 14.2. The van der Waals surface area contributed by atoms with Gasteiger partial charge in [-0.1, -0.05) is 24.4 Å². The summed E-state index contributed by atoms with van der Waals surface area (Å²) in [6, 6.07) is 4.48. The Morgan fingerprint density at radius 1 is 1.16 bits per heavy atom. The lowest BCUT2D eigenvalue weighted by Crippen LogP contribution is -2.57. The van der Waals surface area contributed by atoms with Gasteiger partial charge in [-0.15, -0.1) is 11.3 Å². The number of nitrogens with zero attached hydrogens (tertiary/aromatic N) is 3. The van der Waals surface area contributed by atoms with Gasteiger partial charge in [-0.3, -0.25) is 14.5 Å². The third-order valence-electron chi connectivity index (χ3n) is 7.60. The van der Waals surface area contributed by atoms with Crippen molar-refractivity contribution < 1.29 is 22.9 Å². The zero-order valence-electron chi connectivity index (χ0n) is 21.2. The molecule has 1 aromatic carbocycles. The van der Waals surface area contributed by atoms with Crippen molar-refractivity contribution >= 4 is 23.2 Å². The van der Waals surface area contributed by atoms with Gasteiger partial charge in [-0.2, -0.15) is 0 Å². The summed E-state index contributed by atoms with van der Waals surface area (Å²) in [7, 11) is 0. The summed E-state index contributed by atoms with van der Waals surface area (Å²) in [5.74, 6) is -2.56. The molecule has 2 aliphatic rings. The fourth-order valence-electron chi connectivity index (χ4n) is 5.43. The second-order valence-electron chi connectivity index (χ2n) is 10.0. The number of thiazole rings is 1. The van der Waals surface area contributed by atoms with E-state index in [0.717, 1.165) is 42.1 Å². The molecule has 8 nitrogen and oxygen atoms in total. The standard InChI is InChI=1S/C27H31F2N5O3S/c1-16-25(38-15-31-16)13-30-26(35)20-14-34(18-5-3-2-4-6-18)10-9-22(20)32-27(36)23-12-24(37-33-23)19-8-7-17(28)11-21(19)29/h7-8,11-12,15,18,20,22H,2-6,9-10,13-14H2,1H3,(H,30,35)(H,32,36)/t20-,22-/m1/s1. The summed E-state index contributed by atoms with van der Waals surface area (Å²) in [6.07, 6.45) is 6.54. The Kier molecular flexibility index (Phi) is 8.13. The zero-order chi connectivity index (χ0) is 26.6. The minimum absolute atomic E-state index is 0.00866. The number of hydrogen-bond donors (Lipinski definition) is 2. The highest BCUT2D eigenvalue weighted by molar-refractivity contribution is 7.09. The molecule has 5 rings (SSSR count). The summed E-state index contributed by atoms with van der Waals surface area (Å²) in [5, 5.41) is 9.81. The lowest BCUT2D eigenvalue weighted by molar-refractivity contribution is -0.128. The highest BCUT2D eigenvalue weighted by Crippen LogP contribution is 2.29. The number of amides is 2. The van der Waals surface area contributed by atoms with Crippen molar-refractivity contribution in [2.75, 3.05) is 13.1 Å². The molecule has 2 amide bonds. The van der Waals surface area contributed by atoms with Gasteiger partial charge in [0.1, 0.15) is 11.6 Å². The zero-order valence-corrected chi connectivity index (χ0v) is 22.0. The molecule has 11 heteroatoms.